The molecule has 0 bridgehead atoms. The minimum absolute atomic E-state index is 0.225. The molecule has 25 heavy (non-hydrogen) atoms. The second-order valence-corrected chi connectivity index (χ2v) is 7.35. The van der Waals surface area contributed by atoms with Crippen molar-refractivity contribution in [1.29, 1.82) is 0 Å². The van der Waals surface area contributed by atoms with E-state index in [2.05, 4.69) is 19.9 Å². The van der Waals surface area contributed by atoms with Crippen molar-refractivity contribution < 1.29 is 14.3 Å². The fourth-order valence-electron chi connectivity index (χ4n) is 2.58. The molecule has 5 heteroatoms. The predicted molar refractivity (Wildman–Crippen MR) is 103 cm³/mol. The largest absolute Gasteiger partial charge is 0.497 e. The van der Waals surface area contributed by atoms with E-state index in [1.54, 1.807) is 0 Å². The van der Waals surface area contributed by atoms with Crippen molar-refractivity contribution in [3.05, 3.63) is 23.5 Å². The fourth-order valence-corrected chi connectivity index (χ4v) is 2.58. The minimum Gasteiger partial charge on any atom is -0.497 e. The minimum atomic E-state index is -0.646. The quantitative estimate of drug-likeness (QED) is 0.482. The molecule has 0 aromatic carbocycles. The van der Waals surface area contributed by atoms with E-state index in [9.17, 15) is 4.79 Å². The maximum Gasteiger partial charge on any atom is 0.314 e. The third-order valence-corrected chi connectivity index (χ3v) is 4.38. The SMILES string of the molecule is CCCC(N=CC(C)CN)C1=CC=C(OCC(C)(C)C(=O)OC)CC1. The highest BCUT2D eigenvalue weighted by Crippen LogP contribution is 2.27. The zero-order valence-corrected chi connectivity index (χ0v) is 16.4. The summed E-state index contributed by atoms with van der Waals surface area (Å²) in [6, 6.07) is 0.225. The van der Waals surface area contributed by atoms with Gasteiger partial charge in [-0.25, -0.2) is 0 Å². The van der Waals surface area contributed by atoms with E-state index in [4.69, 9.17) is 20.2 Å². The summed E-state index contributed by atoms with van der Waals surface area (Å²) < 4.78 is 10.6. The van der Waals surface area contributed by atoms with E-state index in [-0.39, 0.29) is 12.0 Å². The average molecular weight is 351 g/mol. The molecule has 2 N–H and O–H groups in total. The number of rotatable bonds is 10. The van der Waals surface area contributed by atoms with Crippen molar-refractivity contribution >= 4 is 12.2 Å². The molecule has 0 aromatic rings. The molecule has 0 amide bonds. The molecule has 1 aliphatic rings. The Morgan fingerprint density at radius 3 is 2.64 bits per heavy atom. The van der Waals surface area contributed by atoms with Gasteiger partial charge in [-0.15, -0.1) is 0 Å². The van der Waals surface area contributed by atoms with Crippen LogP contribution in [0.2, 0.25) is 0 Å². The molecule has 1 aliphatic carbocycles. The van der Waals surface area contributed by atoms with Crippen molar-refractivity contribution in [2.45, 2.75) is 59.4 Å². The normalized spacial score (nSPS) is 17.7. The number of hydrogen-bond donors (Lipinski definition) is 1. The smallest absolute Gasteiger partial charge is 0.314 e. The van der Waals surface area contributed by atoms with Gasteiger partial charge in [-0.05, 0) is 44.9 Å². The van der Waals surface area contributed by atoms with Crippen molar-refractivity contribution in [3.63, 3.8) is 0 Å². The van der Waals surface area contributed by atoms with Gasteiger partial charge in [0.2, 0.25) is 0 Å². The molecule has 142 valence electrons. The number of ether oxygens (including phenoxy) is 2. The number of nitrogens with zero attached hydrogens (tertiary/aromatic N) is 1. The first-order valence-corrected chi connectivity index (χ1v) is 9.18. The van der Waals surface area contributed by atoms with Gasteiger partial charge < -0.3 is 15.2 Å². The first-order valence-electron chi connectivity index (χ1n) is 9.18. The van der Waals surface area contributed by atoms with Crippen LogP contribution in [0.5, 0.6) is 0 Å². The van der Waals surface area contributed by atoms with Gasteiger partial charge in [0.25, 0.3) is 0 Å². The Kier molecular flexibility index (Phi) is 8.90. The van der Waals surface area contributed by atoms with Crippen LogP contribution in [0, 0.1) is 11.3 Å². The molecule has 0 fully saturated rings. The molecule has 0 radical (unpaired) electrons. The highest BCUT2D eigenvalue weighted by molar-refractivity contribution is 5.75. The monoisotopic (exact) mass is 350 g/mol. The Balaban J connectivity index is 2.70. The number of carbonyl (C=O) groups excluding carboxylic acids is 1. The van der Waals surface area contributed by atoms with E-state index in [1.165, 1.54) is 12.7 Å². The van der Waals surface area contributed by atoms with E-state index in [1.807, 2.05) is 26.1 Å². The van der Waals surface area contributed by atoms with Gasteiger partial charge in [-0.1, -0.05) is 26.3 Å². The molecule has 0 saturated heterocycles. The topological polar surface area (TPSA) is 73.9 Å². The molecule has 0 saturated carbocycles. The summed E-state index contributed by atoms with van der Waals surface area (Å²) in [5, 5.41) is 0. The highest BCUT2D eigenvalue weighted by atomic mass is 16.5. The summed E-state index contributed by atoms with van der Waals surface area (Å²) in [5.41, 5.74) is 6.35. The Hall–Kier alpha value is -1.62. The number of allylic oxidation sites excluding steroid dienone is 3. The second kappa shape index (κ2) is 10.4. The van der Waals surface area contributed by atoms with Crippen LogP contribution in [0.1, 0.15) is 53.4 Å². The van der Waals surface area contributed by atoms with Crippen LogP contribution in [0.15, 0.2) is 28.5 Å². The Morgan fingerprint density at radius 1 is 1.40 bits per heavy atom. The van der Waals surface area contributed by atoms with Gasteiger partial charge in [-0.3, -0.25) is 9.79 Å². The molecule has 5 nitrogen and oxygen atoms in total. The molecule has 1 rings (SSSR count). The maximum atomic E-state index is 11.7. The number of aliphatic imine (C=N–C) groups is 1. The fraction of sp³-hybridized carbons (Fsp3) is 0.700. The molecule has 2 atom stereocenters. The van der Waals surface area contributed by atoms with E-state index in [0.29, 0.717) is 19.1 Å². The van der Waals surface area contributed by atoms with E-state index in [0.717, 1.165) is 31.4 Å². The number of hydrogen-bond acceptors (Lipinski definition) is 5. The lowest BCUT2D eigenvalue weighted by Crippen LogP contribution is -2.30. The van der Waals surface area contributed by atoms with Crippen molar-refractivity contribution in [1.82, 2.24) is 0 Å². The predicted octanol–water partition coefficient (Wildman–Crippen LogP) is 3.64. The van der Waals surface area contributed by atoms with Crippen molar-refractivity contribution in [2.75, 3.05) is 20.3 Å². The van der Waals surface area contributed by atoms with Gasteiger partial charge in [0.05, 0.1) is 24.3 Å². The summed E-state index contributed by atoms with van der Waals surface area (Å²) in [4.78, 5) is 16.5. The molecular formula is C20H34N2O3. The van der Waals surface area contributed by atoms with Crippen LogP contribution < -0.4 is 5.73 Å². The molecule has 0 spiro atoms. The number of carbonyl (C=O) groups is 1. The standard InChI is InChI=1S/C20H34N2O3/c1-6-7-18(22-13-15(2)12-21)16-8-10-17(11-9-16)25-14-20(3,4)19(23)24-5/h8,10,13,15,18H,6-7,9,11-12,14,21H2,1-5H3. The Labute approximate surface area is 152 Å². The molecule has 0 aromatic heterocycles. The zero-order chi connectivity index (χ0) is 18.9. The average Bonchev–Trinajstić information content (AvgIpc) is 2.62. The maximum absolute atomic E-state index is 11.7. The second-order valence-electron chi connectivity index (χ2n) is 7.35. The first-order chi connectivity index (χ1) is 11.8. The van der Waals surface area contributed by atoms with Crippen LogP contribution in [-0.4, -0.2) is 38.5 Å². The molecule has 0 aliphatic heterocycles. The lowest BCUT2D eigenvalue weighted by Gasteiger charge is -2.25. The summed E-state index contributed by atoms with van der Waals surface area (Å²) >= 11 is 0. The van der Waals surface area contributed by atoms with Gasteiger partial charge in [0.1, 0.15) is 6.61 Å². The van der Waals surface area contributed by atoms with Crippen LogP contribution in [0.25, 0.3) is 0 Å². The van der Waals surface area contributed by atoms with Gasteiger partial charge in [0.15, 0.2) is 0 Å². The first kappa shape index (κ1) is 21.4. The van der Waals surface area contributed by atoms with Crippen molar-refractivity contribution in [3.8, 4) is 0 Å². The van der Waals surface area contributed by atoms with Gasteiger partial charge >= 0.3 is 5.97 Å². The highest BCUT2D eigenvalue weighted by Gasteiger charge is 2.30. The summed E-state index contributed by atoms with van der Waals surface area (Å²) in [5.74, 6) is 0.959. The van der Waals surface area contributed by atoms with Gasteiger partial charge in [0, 0.05) is 18.6 Å². The van der Waals surface area contributed by atoms with Gasteiger partial charge in [-0.2, -0.15) is 0 Å². The lowest BCUT2D eigenvalue weighted by molar-refractivity contribution is -0.153. The Bertz CT molecular complexity index is 521. The third-order valence-electron chi connectivity index (χ3n) is 4.38. The number of methoxy groups -OCH3 is 1. The Morgan fingerprint density at radius 2 is 2.12 bits per heavy atom. The van der Waals surface area contributed by atoms with Crippen LogP contribution in [0.4, 0.5) is 0 Å². The lowest BCUT2D eigenvalue weighted by atomic mass is 9.93. The summed E-state index contributed by atoms with van der Waals surface area (Å²) in [7, 11) is 1.40. The number of esters is 1. The zero-order valence-electron chi connectivity index (χ0n) is 16.4. The summed E-state index contributed by atoms with van der Waals surface area (Å²) in [6.07, 6.45) is 10.0. The van der Waals surface area contributed by atoms with E-state index >= 15 is 0 Å². The van der Waals surface area contributed by atoms with Crippen LogP contribution >= 0.6 is 0 Å². The number of nitrogens with two attached hydrogens (primary N) is 1. The molecule has 2 unspecified atom stereocenters. The van der Waals surface area contributed by atoms with Crippen LogP contribution in [0.3, 0.4) is 0 Å². The van der Waals surface area contributed by atoms with Crippen molar-refractivity contribution in [2.24, 2.45) is 22.1 Å². The van der Waals surface area contributed by atoms with E-state index < -0.39 is 5.41 Å². The summed E-state index contributed by atoms with van der Waals surface area (Å²) in [6.45, 7) is 8.85. The van der Waals surface area contributed by atoms with Crippen LogP contribution in [-0.2, 0) is 14.3 Å². The molecular weight excluding hydrogens is 316 g/mol. The molecule has 0 heterocycles. The third kappa shape index (κ3) is 7.02.